The van der Waals surface area contributed by atoms with Gasteiger partial charge in [0.15, 0.2) is 0 Å². The maximum atomic E-state index is 12.3. The topological polar surface area (TPSA) is 58.8 Å². The van der Waals surface area contributed by atoms with E-state index in [0.717, 1.165) is 52.2 Å². The highest BCUT2D eigenvalue weighted by Crippen LogP contribution is 2.19. The minimum atomic E-state index is -0.339. The van der Waals surface area contributed by atoms with Crippen molar-refractivity contribution >= 4 is 5.91 Å². The first-order valence-corrected chi connectivity index (χ1v) is 7.49. The van der Waals surface area contributed by atoms with Gasteiger partial charge in [0.1, 0.15) is 0 Å². The quantitative estimate of drug-likeness (QED) is 0.797. The van der Waals surface area contributed by atoms with E-state index in [1.54, 1.807) is 0 Å². The number of hydrogen-bond donors (Lipinski definition) is 1. The van der Waals surface area contributed by atoms with Gasteiger partial charge in [0, 0.05) is 32.2 Å². The van der Waals surface area contributed by atoms with Crippen LogP contribution in [0.25, 0.3) is 0 Å². The Labute approximate surface area is 116 Å². The second-order valence-electron chi connectivity index (χ2n) is 5.79. The van der Waals surface area contributed by atoms with E-state index in [-0.39, 0.29) is 17.9 Å². The van der Waals surface area contributed by atoms with Crippen LogP contribution in [-0.2, 0) is 9.53 Å². The lowest BCUT2D eigenvalue weighted by Crippen LogP contribution is -2.48. The van der Waals surface area contributed by atoms with Gasteiger partial charge in [-0.2, -0.15) is 0 Å². The molecule has 0 bridgehead atoms. The molecule has 2 aliphatic rings. The summed E-state index contributed by atoms with van der Waals surface area (Å²) >= 11 is 0. The molecule has 5 nitrogen and oxygen atoms in total. The zero-order chi connectivity index (χ0) is 13.8. The largest absolute Gasteiger partial charge is 0.379 e. The highest BCUT2D eigenvalue weighted by molar-refractivity contribution is 5.82. The molecule has 2 aliphatic heterocycles. The predicted molar refractivity (Wildman–Crippen MR) is 74.8 cm³/mol. The van der Waals surface area contributed by atoms with Crippen LogP contribution in [0.15, 0.2) is 0 Å². The second kappa shape index (κ2) is 6.68. The van der Waals surface area contributed by atoms with Crippen LogP contribution in [-0.4, -0.2) is 67.2 Å². The Morgan fingerprint density at radius 2 is 2.05 bits per heavy atom. The van der Waals surface area contributed by atoms with E-state index in [1.807, 2.05) is 4.90 Å². The number of rotatable bonds is 4. The van der Waals surface area contributed by atoms with Crippen molar-refractivity contribution in [1.29, 1.82) is 0 Å². The Bertz CT molecular complexity index is 305. The van der Waals surface area contributed by atoms with Gasteiger partial charge in [0.05, 0.1) is 19.3 Å². The molecule has 0 aromatic rings. The molecule has 0 aromatic carbocycles. The van der Waals surface area contributed by atoms with Crippen molar-refractivity contribution in [3.63, 3.8) is 0 Å². The van der Waals surface area contributed by atoms with Crippen molar-refractivity contribution in [3.8, 4) is 0 Å². The number of hydrogen-bond acceptors (Lipinski definition) is 4. The van der Waals surface area contributed by atoms with Crippen molar-refractivity contribution in [2.75, 3.05) is 39.4 Å². The molecule has 2 fully saturated rings. The number of nitrogens with two attached hydrogens (primary N) is 1. The molecule has 2 N–H and O–H groups in total. The number of likely N-dealkylation sites (tertiary alicyclic amines) is 1. The summed E-state index contributed by atoms with van der Waals surface area (Å²) in [6.45, 7) is 9.44. The lowest BCUT2D eigenvalue weighted by Gasteiger charge is -2.32. The van der Waals surface area contributed by atoms with Gasteiger partial charge in [0.25, 0.3) is 0 Å². The third-order valence-corrected chi connectivity index (χ3v) is 4.58. The molecule has 0 aromatic heterocycles. The fraction of sp³-hybridized carbons (Fsp3) is 0.929. The van der Waals surface area contributed by atoms with Gasteiger partial charge in [-0.3, -0.25) is 9.69 Å². The van der Waals surface area contributed by atoms with Crippen LogP contribution in [0.1, 0.15) is 26.7 Å². The van der Waals surface area contributed by atoms with Crippen LogP contribution in [0.3, 0.4) is 0 Å². The Balaban J connectivity index is 1.85. The molecular formula is C14H27N3O2. The number of carbonyl (C=O) groups is 1. The van der Waals surface area contributed by atoms with Crippen LogP contribution >= 0.6 is 0 Å². The van der Waals surface area contributed by atoms with Gasteiger partial charge in [-0.1, -0.05) is 20.3 Å². The van der Waals surface area contributed by atoms with Crippen molar-refractivity contribution in [2.24, 2.45) is 11.7 Å². The third-order valence-electron chi connectivity index (χ3n) is 4.58. The zero-order valence-corrected chi connectivity index (χ0v) is 12.2. The molecule has 0 saturated carbocycles. The maximum absolute atomic E-state index is 12.3. The van der Waals surface area contributed by atoms with Crippen molar-refractivity contribution in [3.05, 3.63) is 0 Å². The average molecular weight is 269 g/mol. The second-order valence-corrected chi connectivity index (χ2v) is 5.79. The third kappa shape index (κ3) is 3.46. The normalized spacial score (nSPS) is 28.4. The summed E-state index contributed by atoms with van der Waals surface area (Å²) in [4.78, 5) is 16.7. The Morgan fingerprint density at radius 3 is 2.68 bits per heavy atom. The van der Waals surface area contributed by atoms with Gasteiger partial charge >= 0.3 is 0 Å². The lowest BCUT2D eigenvalue weighted by atomic mass is 9.99. The lowest BCUT2D eigenvalue weighted by molar-refractivity contribution is -0.132. The first-order valence-electron chi connectivity index (χ1n) is 7.49. The molecule has 3 unspecified atom stereocenters. The van der Waals surface area contributed by atoms with E-state index in [2.05, 4.69) is 18.7 Å². The Kier molecular flexibility index (Phi) is 5.19. The van der Waals surface area contributed by atoms with Crippen LogP contribution in [0.4, 0.5) is 0 Å². The van der Waals surface area contributed by atoms with Crippen LogP contribution < -0.4 is 5.73 Å². The molecule has 5 heteroatoms. The molecular weight excluding hydrogens is 242 g/mol. The molecule has 2 heterocycles. The summed E-state index contributed by atoms with van der Waals surface area (Å²) in [5, 5.41) is 0. The minimum absolute atomic E-state index is 0.130. The van der Waals surface area contributed by atoms with Gasteiger partial charge in [-0.25, -0.2) is 0 Å². The summed E-state index contributed by atoms with van der Waals surface area (Å²) in [5.74, 6) is 0.389. The van der Waals surface area contributed by atoms with E-state index in [9.17, 15) is 4.79 Å². The number of morpholine rings is 1. The standard InChI is InChI=1S/C14H27N3O2/c1-3-11(2)13(15)14(18)17-5-4-12(10-17)16-6-8-19-9-7-16/h11-13H,3-10,15H2,1-2H3. The van der Waals surface area contributed by atoms with Crippen LogP contribution in [0, 0.1) is 5.92 Å². The Hall–Kier alpha value is -0.650. The smallest absolute Gasteiger partial charge is 0.239 e. The van der Waals surface area contributed by atoms with Gasteiger partial charge in [-0.05, 0) is 12.3 Å². The van der Waals surface area contributed by atoms with E-state index < -0.39 is 0 Å². The molecule has 19 heavy (non-hydrogen) atoms. The molecule has 110 valence electrons. The van der Waals surface area contributed by atoms with E-state index >= 15 is 0 Å². The fourth-order valence-electron chi connectivity index (χ4n) is 2.89. The van der Waals surface area contributed by atoms with Crippen LogP contribution in [0.2, 0.25) is 0 Å². The van der Waals surface area contributed by atoms with E-state index in [1.165, 1.54) is 0 Å². The average Bonchev–Trinajstić information content (AvgIpc) is 2.95. The predicted octanol–water partition coefficient (Wildman–Crippen LogP) is 0.293. The summed E-state index contributed by atoms with van der Waals surface area (Å²) in [7, 11) is 0. The van der Waals surface area contributed by atoms with Crippen molar-refractivity contribution in [1.82, 2.24) is 9.80 Å². The molecule has 0 radical (unpaired) electrons. The summed E-state index contributed by atoms with van der Waals surface area (Å²) in [6, 6.07) is 0.158. The number of nitrogens with zero attached hydrogens (tertiary/aromatic N) is 2. The number of amides is 1. The summed E-state index contributed by atoms with van der Waals surface area (Å²) in [6.07, 6.45) is 2.02. The maximum Gasteiger partial charge on any atom is 0.239 e. The Morgan fingerprint density at radius 1 is 1.37 bits per heavy atom. The number of carbonyl (C=O) groups excluding carboxylic acids is 1. The monoisotopic (exact) mass is 269 g/mol. The minimum Gasteiger partial charge on any atom is -0.379 e. The van der Waals surface area contributed by atoms with Gasteiger partial charge in [0.2, 0.25) is 5.91 Å². The first-order chi connectivity index (χ1) is 9.13. The van der Waals surface area contributed by atoms with Crippen molar-refractivity contribution in [2.45, 2.75) is 38.8 Å². The molecule has 1 amide bonds. The highest BCUT2D eigenvalue weighted by Gasteiger charge is 2.33. The SMILES string of the molecule is CCC(C)C(N)C(=O)N1CCC(N2CCOCC2)C1. The fourth-order valence-corrected chi connectivity index (χ4v) is 2.89. The van der Waals surface area contributed by atoms with Crippen LogP contribution in [0.5, 0.6) is 0 Å². The zero-order valence-electron chi connectivity index (χ0n) is 12.2. The highest BCUT2D eigenvalue weighted by atomic mass is 16.5. The summed E-state index contributed by atoms with van der Waals surface area (Å²) < 4.78 is 5.38. The number of ether oxygens (including phenoxy) is 1. The van der Waals surface area contributed by atoms with Gasteiger partial charge in [-0.15, -0.1) is 0 Å². The molecule has 0 aliphatic carbocycles. The molecule has 2 saturated heterocycles. The summed E-state index contributed by atoms with van der Waals surface area (Å²) in [5.41, 5.74) is 6.05. The first kappa shape index (κ1) is 14.8. The molecule has 2 rings (SSSR count). The molecule has 0 spiro atoms. The molecule has 3 atom stereocenters. The van der Waals surface area contributed by atoms with Crippen molar-refractivity contribution < 1.29 is 9.53 Å². The van der Waals surface area contributed by atoms with E-state index in [4.69, 9.17) is 10.5 Å². The van der Waals surface area contributed by atoms with E-state index in [0.29, 0.717) is 6.04 Å². The van der Waals surface area contributed by atoms with Gasteiger partial charge < -0.3 is 15.4 Å².